The highest BCUT2D eigenvalue weighted by molar-refractivity contribution is 6.00. The van der Waals surface area contributed by atoms with E-state index in [1.165, 1.54) is 5.56 Å². The molecule has 2 aromatic rings. The molecule has 1 atom stereocenters. The number of para-hydroxylation sites is 1. The Balaban J connectivity index is 1.49. The van der Waals surface area contributed by atoms with Gasteiger partial charge >= 0.3 is 0 Å². The van der Waals surface area contributed by atoms with Gasteiger partial charge in [0, 0.05) is 36.6 Å². The first kappa shape index (κ1) is 17.6. The second-order valence-corrected chi connectivity index (χ2v) is 7.29. The van der Waals surface area contributed by atoms with E-state index in [1.54, 1.807) is 0 Å². The molecule has 5 nitrogen and oxygen atoms in total. The van der Waals surface area contributed by atoms with Crippen molar-refractivity contribution >= 4 is 28.9 Å². The van der Waals surface area contributed by atoms with E-state index in [9.17, 15) is 9.59 Å². The second-order valence-electron chi connectivity index (χ2n) is 7.29. The summed E-state index contributed by atoms with van der Waals surface area (Å²) in [5.74, 6) is 0.242. The number of anilines is 3. The van der Waals surface area contributed by atoms with Crippen molar-refractivity contribution in [3.63, 3.8) is 0 Å². The van der Waals surface area contributed by atoms with Gasteiger partial charge in [-0.3, -0.25) is 9.59 Å². The average Bonchev–Trinajstić information content (AvgIpc) is 3.13. The largest absolute Gasteiger partial charge is 0.374 e. The molecule has 0 radical (unpaired) electrons. The Bertz CT molecular complexity index is 864. The van der Waals surface area contributed by atoms with Gasteiger partial charge in [0.15, 0.2) is 0 Å². The number of hydrogen-bond donors (Lipinski definition) is 1. The van der Waals surface area contributed by atoms with Gasteiger partial charge in [-0.2, -0.15) is 0 Å². The van der Waals surface area contributed by atoms with E-state index in [2.05, 4.69) is 11.4 Å². The lowest BCUT2D eigenvalue weighted by atomic mass is 10.0. The zero-order valence-electron chi connectivity index (χ0n) is 15.6. The lowest BCUT2D eigenvalue weighted by Crippen LogP contribution is -2.44. The van der Waals surface area contributed by atoms with Crippen LogP contribution in [-0.2, 0) is 16.0 Å². The highest BCUT2D eigenvalue weighted by atomic mass is 16.2. The number of benzene rings is 2. The maximum Gasteiger partial charge on any atom is 0.249 e. The van der Waals surface area contributed by atoms with Crippen LogP contribution in [0.4, 0.5) is 17.1 Å². The second kappa shape index (κ2) is 7.43. The maximum absolute atomic E-state index is 13.1. The van der Waals surface area contributed by atoms with E-state index < -0.39 is 0 Å². The Hall–Kier alpha value is -2.82. The van der Waals surface area contributed by atoms with E-state index in [4.69, 9.17) is 0 Å². The van der Waals surface area contributed by atoms with Crippen molar-refractivity contribution in [2.24, 2.45) is 0 Å². The Morgan fingerprint density at radius 1 is 1.04 bits per heavy atom. The first-order valence-corrected chi connectivity index (χ1v) is 9.70. The van der Waals surface area contributed by atoms with Crippen molar-refractivity contribution in [1.29, 1.82) is 0 Å². The number of amides is 2. The lowest BCUT2D eigenvalue weighted by Gasteiger charge is -2.32. The molecule has 2 aromatic carbocycles. The molecule has 5 heteroatoms. The number of aryl methyl sites for hydroxylation is 1. The van der Waals surface area contributed by atoms with Gasteiger partial charge in [0.2, 0.25) is 11.8 Å². The molecule has 0 aliphatic carbocycles. The van der Waals surface area contributed by atoms with E-state index in [-0.39, 0.29) is 17.9 Å². The van der Waals surface area contributed by atoms with Gasteiger partial charge in [0.05, 0.1) is 0 Å². The summed E-state index contributed by atoms with van der Waals surface area (Å²) < 4.78 is 0. The number of fused-ring (bicyclic) bond motifs is 1. The highest BCUT2D eigenvalue weighted by Crippen LogP contribution is 2.28. The van der Waals surface area contributed by atoms with Crippen LogP contribution in [0, 0.1) is 0 Å². The molecule has 1 saturated heterocycles. The first-order chi connectivity index (χ1) is 13.1. The summed E-state index contributed by atoms with van der Waals surface area (Å²) in [5.41, 5.74) is 4.02. The van der Waals surface area contributed by atoms with Crippen molar-refractivity contribution in [2.75, 3.05) is 28.2 Å². The third-order valence-electron chi connectivity index (χ3n) is 5.36. The van der Waals surface area contributed by atoms with Gasteiger partial charge < -0.3 is 15.1 Å². The third-order valence-corrected chi connectivity index (χ3v) is 5.36. The standard InChI is InChI=1S/C22H25N3O2/c1-16(22(27)25-14-5-8-17-7-2-3-11-20(17)25)23-18-9-4-10-19(15-18)24-13-6-12-21(24)26/h2-4,7,9-11,15-16,23H,5-6,8,12-14H2,1H3. The van der Waals surface area contributed by atoms with Crippen LogP contribution in [0.2, 0.25) is 0 Å². The molecule has 1 fully saturated rings. The molecule has 2 aliphatic heterocycles. The molecular formula is C22H25N3O2. The van der Waals surface area contributed by atoms with Crippen molar-refractivity contribution in [3.8, 4) is 0 Å². The van der Waals surface area contributed by atoms with E-state index in [1.807, 2.05) is 59.2 Å². The molecule has 27 heavy (non-hydrogen) atoms. The van der Waals surface area contributed by atoms with E-state index in [0.717, 1.165) is 49.4 Å². The third kappa shape index (κ3) is 3.54. The Kier molecular flexibility index (Phi) is 4.84. The minimum absolute atomic E-state index is 0.0739. The SMILES string of the molecule is CC(Nc1cccc(N2CCCC2=O)c1)C(=O)N1CCCc2ccccc21. The van der Waals surface area contributed by atoms with Crippen molar-refractivity contribution in [2.45, 2.75) is 38.6 Å². The van der Waals surface area contributed by atoms with Gasteiger partial charge in [0.25, 0.3) is 0 Å². The summed E-state index contributed by atoms with van der Waals surface area (Å²) in [5, 5.41) is 3.32. The maximum atomic E-state index is 13.1. The topological polar surface area (TPSA) is 52.7 Å². The normalized spacial score (nSPS) is 17.6. The van der Waals surface area contributed by atoms with Gasteiger partial charge in [-0.05, 0) is 56.0 Å². The predicted molar refractivity (Wildman–Crippen MR) is 108 cm³/mol. The smallest absolute Gasteiger partial charge is 0.249 e. The van der Waals surface area contributed by atoms with Gasteiger partial charge in [-0.1, -0.05) is 24.3 Å². The summed E-state index contributed by atoms with van der Waals surface area (Å²) in [4.78, 5) is 28.8. The van der Waals surface area contributed by atoms with Crippen LogP contribution in [0.25, 0.3) is 0 Å². The van der Waals surface area contributed by atoms with E-state index >= 15 is 0 Å². The van der Waals surface area contributed by atoms with Crippen molar-refractivity contribution in [3.05, 3.63) is 54.1 Å². The summed E-state index contributed by atoms with van der Waals surface area (Å²) >= 11 is 0. The van der Waals surface area contributed by atoms with Gasteiger partial charge in [-0.25, -0.2) is 0 Å². The van der Waals surface area contributed by atoms with Crippen LogP contribution in [0.1, 0.15) is 31.7 Å². The highest BCUT2D eigenvalue weighted by Gasteiger charge is 2.26. The van der Waals surface area contributed by atoms with Crippen LogP contribution < -0.4 is 15.1 Å². The van der Waals surface area contributed by atoms with Gasteiger partial charge in [0.1, 0.15) is 6.04 Å². The monoisotopic (exact) mass is 363 g/mol. The summed E-state index contributed by atoms with van der Waals surface area (Å²) in [7, 11) is 0. The number of carbonyl (C=O) groups excluding carboxylic acids is 2. The van der Waals surface area contributed by atoms with E-state index in [0.29, 0.717) is 6.42 Å². The minimum Gasteiger partial charge on any atom is -0.374 e. The summed E-state index contributed by atoms with van der Waals surface area (Å²) in [6, 6.07) is 15.6. The zero-order chi connectivity index (χ0) is 18.8. The average molecular weight is 363 g/mol. The Morgan fingerprint density at radius 2 is 1.85 bits per heavy atom. The van der Waals surface area contributed by atoms with Crippen LogP contribution in [0.15, 0.2) is 48.5 Å². The predicted octanol–water partition coefficient (Wildman–Crippen LogP) is 3.59. The van der Waals surface area contributed by atoms with Crippen molar-refractivity contribution < 1.29 is 9.59 Å². The summed E-state index contributed by atoms with van der Waals surface area (Å²) in [6.45, 7) is 3.42. The minimum atomic E-state index is -0.347. The van der Waals surface area contributed by atoms with Crippen LogP contribution in [0.5, 0.6) is 0 Å². The Labute approximate surface area is 160 Å². The number of hydrogen-bond acceptors (Lipinski definition) is 3. The first-order valence-electron chi connectivity index (χ1n) is 9.70. The molecule has 1 unspecified atom stereocenters. The number of nitrogens with zero attached hydrogens (tertiary/aromatic N) is 2. The molecule has 4 rings (SSSR count). The molecule has 0 aromatic heterocycles. The molecule has 0 spiro atoms. The van der Waals surface area contributed by atoms with Crippen molar-refractivity contribution in [1.82, 2.24) is 0 Å². The molecule has 1 N–H and O–H groups in total. The number of rotatable bonds is 4. The summed E-state index contributed by atoms with van der Waals surface area (Å²) in [6.07, 6.45) is 3.52. The number of carbonyl (C=O) groups is 2. The Morgan fingerprint density at radius 3 is 2.67 bits per heavy atom. The molecule has 2 amide bonds. The molecule has 2 aliphatic rings. The van der Waals surface area contributed by atoms with Crippen LogP contribution in [-0.4, -0.2) is 30.9 Å². The number of nitrogens with one attached hydrogen (secondary N) is 1. The quantitative estimate of drug-likeness (QED) is 0.903. The molecule has 0 bridgehead atoms. The van der Waals surface area contributed by atoms with Gasteiger partial charge in [-0.15, -0.1) is 0 Å². The molecule has 2 heterocycles. The fourth-order valence-corrected chi connectivity index (χ4v) is 3.99. The molecule has 140 valence electrons. The fourth-order valence-electron chi connectivity index (χ4n) is 3.99. The zero-order valence-corrected chi connectivity index (χ0v) is 15.6. The molecular weight excluding hydrogens is 338 g/mol. The molecule has 0 saturated carbocycles. The van der Waals surface area contributed by atoms with Crippen LogP contribution >= 0.6 is 0 Å². The lowest BCUT2D eigenvalue weighted by molar-refractivity contribution is -0.119. The van der Waals surface area contributed by atoms with Crippen LogP contribution in [0.3, 0.4) is 0 Å². The fraction of sp³-hybridized carbons (Fsp3) is 0.364.